The van der Waals surface area contributed by atoms with E-state index in [1.54, 1.807) is 18.5 Å². The van der Waals surface area contributed by atoms with E-state index in [1.807, 2.05) is 26.0 Å². The summed E-state index contributed by atoms with van der Waals surface area (Å²) in [5, 5.41) is 2.83. The van der Waals surface area contributed by atoms with E-state index in [0.29, 0.717) is 12.1 Å². The number of rotatable bonds is 3. The Kier molecular flexibility index (Phi) is 4.27. The molecule has 0 bridgehead atoms. The fourth-order valence-electron chi connectivity index (χ4n) is 1.65. The van der Waals surface area contributed by atoms with Gasteiger partial charge in [-0.25, -0.2) is 0 Å². The minimum atomic E-state index is -0.119. The SMILES string of the molecule is Cc1cc(Br)cc(C(=O)NCc2cnc(C)cn2)c1. The van der Waals surface area contributed by atoms with Gasteiger partial charge in [-0.05, 0) is 37.6 Å². The van der Waals surface area contributed by atoms with Crippen molar-refractivity contribution in [2.24, 2.45) is 0 Å². The Balaban J connectivity index is 2.03. The van der Waals surface area contributed by atoms with E-state index < -0.39 is 0 Å². The molecule has 1 heterocycles. The molecular formula is C14H14BrN3O. The molecule has 0 aliphatic carbocycles. The summed E-state index contributed by atoms with van der Waals surface area (Å²) < 4.78 is 0.896. The van der Waals surface area contributed by atoms with Crippen LogP contribution in [0.2, 0.25) is 0 Å². The largest absolute Gasteiger partial charge is 0.346 e. The molecule has 5 heteroatoms. The van der Waals surface area contributed by atoms with Crippen LogP contribution in [0.15, 0.2) is 35.1 Å². The van der Waals surface area contributed by atoms with Gasteiger partial charge in [-0.2, -0.15) is 0 Å². The van der Waals surface area contributed by atoms with Gasteiger partial charge in [-0.3, -0.25) is 14.8 Å². The first-order chi connectivity index (χ1) is 9.04. The molecule has 0 aliphatic rings. The van der Waals surface area contributed by atoms with Crippen molar-refractivity contribution >= 4 is 21.8 Å². The molecule has 4 nitrogen and oxygen atoms in total. The zero-order valence-electron chi connectivity index (χ0n) is 10.8. The first kappa shape index (κ1) is 13.7. The number of hydrogen-bond donors (Lipinski definition) is 1. The van der Waals surface area contributed by atoms with Crippen molar-refractivity contribution in [2.75, 3.05) is 0 Å². The molecule has 0 spiro atoms. The second kappa shape index (κ2) is 5.93. The van der Waals surface area contributed by atoms with Gasteiger partial charge in [0, 0.05) is 16.2 Å². The number of nitrogens with zero attached hydrogens (tertiary/aromatic N) is 2. The van der Waals surface area contributed by atoms with Crippen molar-refractivity contribution < 1.29 is 4.79 Å². The zero-order valence-corrected chi connectivity index (χ0v) is 12.4. The molecule has 0 fully saturated rings. The average molecular weight is 320 g/mol. The van der Waals surface area contributed by atoms with E-state index in [0.717, 1.165) is 21.4 Å². The summed E-state index contributed by atoms with van der Waals surface area (Å²) in [6.45, 7) is 4.20. The average Bonchev–Trinajstić information content (AvgIpc) is 2.36. The number of aromatic nitrogens is 2. The third-order valence-electron chi connectivity index (χ3n) is 2.57. The highest BCUT2D eigenvalue weighted by molar-refractivity contribution is 9.10. The number of benzene rings is 1. The topological polar surface area (TPSA) is 54.9 Å². The predicted octanol–water partition coefficient (Wildman–Crippen LogP) is 2.79. The highest BCUT2D eigenvalue weighted by Crippen LogP contribution is 2.15. The van der Waals surface area contributed by atoms with Crippen molar-refractivity contribution in [2.45, 2.75) is 20.4 Å². The van der Waals surface area contributed by atoms with E-state index in [9.17, 15) is 4.79 Å². The van der Waals surface area contributed by atoms with Crippen LogP contribution in [0.1, 0.15) is 27.3 Å². The second-order valence-electron chi connectivity index (χ2n) is 4.35. The van der Waals surface area contributed by atoms with Crippen molar-refractivity contribution in [1.29, 1.82) is 0 Å². The van der Waals surface area contributed by atoms with Gasteiger partial charge in [0.15, 0.2) is 0 Å². The van der Waals surface area contributed by atoms with E-state index in [-0.39, 0.29) is 5.91 Å². The molecule has 1 aromatic carbocycles. The third kappa shape index (κ3) is 3.86. The van der Waals surface area contributed by atoms with Crippen LogP contribution in [-0.2, 0) is 6.54 Å². The van der Waals surface area contributed by atoms with Crippen LogP contribution >= 0.6 is 15.9 Å². The van der Waals surface area contributed by atoms with Crippen LogP contribution in [0, 0.1) is 13.8 Å². The predicted molar refractivity (Wildman–Crippen MR) is 76.8 cm³/mol. The Morgan fingerprint density at radius 1 is 1.21 bits per heavy atom. The molecule has 19 heavy (non-hydrogen) atoms. The maximum Gasteiger partial charge on any atom is 0.251 e. The summed E-state index contributed by atoms with van der Waals surface area (Å²) in [5.74, 6) is -0.119. The maximum absolute atomic E-state index is 12.0. The lowest BCUT2D eigenvalue weighted by Crippen LogP contribution is -2.23. The van der Waals surface area contributed by atoms with Crippen LogP contribution < -0.4 is 5.32 Å². The normalized spacial score (nSPS) is 10.3. The highest BCUT2D eigenvalue weighted by atomic mass is 79.9. The molecule has 1 aromatic heterocycles. The number of carbonyl (C=O) groups excluding carboxylic acids is 1. The van der Waals surface area contributed by atoms with Gasteiger partial charge < -0.3 is 5.32 Å². The van der Waals surface area contributed by atoms with Gasteiger partial charge in [0.25, 0.3) is 5.91 Å². The monoisotopic (exact) mass is 319 g/mol. The molecule has 0 atom stereocenters. The number of halogens is 1. The summed E-state index contributed by atoms with van der Waals surface area (Å²) in [7, 11) is 0. The summed E-state index contributed by atoms with van der Waals surface area (Å²) in [6.07, 6.45) is 3.35. The van der Waals surface area contributed by atoms with Gasteiger partial charge in [-0.15, -0.1) is 0 Å². The van der Waals surface area contributed by atoms with Gasteiger partial charge in [0.2, 0.25) is 0 Å². The molecule has 2 aromatic rings. The van der Waals surface area contributed by atoms with Crippen molar-refractivity contribution in [1.82, 2.24) is 15.3 Å². The van der Waals surface area contributed by atoms with Crippen LogP contribution in [-0.4, -0.2) is 15.9 Å². The van der Waals surface area contributed by atoms with Crippen LogP contribution in [0.4, 0.5) is 0 Å². The molecule has 0 unspecified atom stereocenters. The zero-order chi connectivity index (χ0) is 13.8. The number of amides is 1. The van der Waals surface area contributed by atoms with E-state index in [2.05, 4.69) is 31.2 Å². The molecule has 2 rings (SSSR count). The Labute approximate surface area is 120 Å². The Morgan fingerprint density at radius 2 is 2.00 bits per heavy atom. The fraction of sp³-hybridized carbons (Fsp3) is 0.214. The summed E-state index contributed by atoms with van der Waals surface area (Å²) in [6, 6.07) is 5.60. The fourth-order valence-corrected chi connectivity index (χ4v) is 2.26. The molecule has 1 amide bonds. The van der Waals surface area contributed by atoms with Gasteiger partial charge in [-0.1, -0.05) is 15.9 Å². The van der Waals surface area contributed by atoms with Crippen molar-refractivity contribution in [3.05, 3.63) is 57.6 Å². The number of aryl methyl sites for hydroxylation is 2. The number of hydrogen-bond acceptors (Lipinski definition) is 3. The lowest BCUT2D eigenvalue weighted by molar-refractivity contribution is 0.0950. The maximum atomic E-state index is 12.0. The number of carbonyl (C=O) groups is 1. The Hall–Kier alpha value is -1.75. The second-order valence-corrected chi connectivity index (χ2v) is 5.26. The van der Waals surface area contributed by atoms with Crippen molar-refractivity contribution in [3.8, 4) is 0 Å². The summed E-state index contributed by atoms with van der Waals surface area (Å²) >= 11 is 3.38. The first-order valence-electron chi connectivity index (χ1n) is 5.87. The smallest absolute Gasteiger partial charge is 0.251 e. The molecule has 0 radical (unpaired) electrons. The minimum absolute atomic E-state index is 0.119. The Morgan fingerprint density at radius 3 is 2.63 bits per heavy atom. The van der Waals surface area contributed by atoms with Crippen LogP contribution in [0.25, 0.3) is 0 Å². The molecule has 98 valence electrons. The standard InChI is InChI=1S/C14H14BrN3O/c1-9-3-11(5-12(15)4-9)14(19)18-8-13-7-16-10(2)6-17-13/h3-7H,8H2,1-2H3,(H,18,19). The van der Waals surface area contributed by atoms with E-state index in [4.69, 9.17) is 0 Å². The van der Waals surface area contributed by atoms with Crippen LogP contribution in [0.5, 0.6) is 0 Å². The molecule has 0 saturated carbocycles. The first-order valence-corrected chi connectivity index (χ1v) is 6.67. The third-order valence-corrected chi connectivity index (χ3v) is 3.03. The molecular weight excluding hydrogens is 306 g/mol. The summed E-state index contributed by atoms with van der Waals surface area (Å²) in [5.41, 5.74) is 3.27. The number of nitrogens with one attached hydrogen (secondary N) is 1. The van der Waals surface area contributed by atoms with E-state index in [1.165, 1.54) is 0 Å². The summed E-state index contributed by atoms with van der Waals surface area (Å²) in [4.78, 5) is 20.3. The van der Waals surface area contributed by atoms with Gasteiger partial charge in [0.05, 0.1) is 24.1 Å². The lowest BCUT2D eigenvalue weighted by atomic mass is 10.1. The Bertz CT molecular complexity index is 576. The quantitative estimate of drug-likeness (QED) is 0.946. The highest BCUT2D eigenvalue weighted by Gasteiger charge is 2.07. The van der Waals surface area contributed by atoms with E-state index >= 15 is 0 Å². The molecule has 0 aliphatic heterocycles. The van der Waals surface area contributed by atoms with Crippen molar-refractivity contribution in [3.63, 3.8) is 0 Å². The minimum Gasteiger partial charge on any atom is -0.346 e. The van der Waals surface area contributed by atoms with Crippen LogP contribution in [0.3, 0.4) is 0 Å². The molecule has 0 saturated heterocycles. The van der Waals surface area contributed by atoms with Gasteiger partial charge in [0.1, 0.15) is 0 Å². The lowest BCUT2D eigenvalue weighted by Gasteiger charge is -2.06. The molecule has 1 N–H and O–H groups in total. The van der Waals surface area contributed by atoms with Gasteiger partial charge >= 0.3 is 0 Å².